The minimum Gasteiger partial charge on any atom is -0.507 e. The van der Waals surface area contributed by atoms with E-state index in [9.17, 15) is 13.5 Å². The predicted molar refractivity (Wildman–Crippen MR) is 84.1 cm³/mol. The first-order valence-electron chi connectivity index (χ1n) is 6.62. The van der Waals surface area contributed by atoms with Gasteiger partial charge in [-0.1, -0.05) is 51.1 Å². The molecule has 0 saturated heterocycles. The molecule has 0 heterocycles. The van der Waals surface area contributed by atoms with Crippen LogP contribution in [-0.2, 0) is 15.4 Å². The summed E-state index contributed by atoms with van der Waals surface area (Å²) in [7, 11) is -3.83. The van der Waals surface area contributed by atoms with E-state index in [0.29, 0.717) is 5.69 Å². The van der Waals surface area contributed by atoms with Gasteiger partial charge < -0.3 is 5.11 Å². The number of aromatic hydroxyl groups is 1. The standard InChI is InChI=1S/C16H19NO3S/c1-16(2,3)12-8-4-5-9-13(12)17-21(19,20)15-11-7-6-10-14(15)18/h4-11,17-18H,1-3H3. The number of phenols is 1. The molecule has 2 aromatic rings. The molecule has 4 nitrogen and oxygen atoms in total. The quantitative estimate of drug-likeness (QED) is 0.912. The van der Waals surface area contributed by atoms with Gasteiger partial charge in [0.2, 0.25) is 0 Å². The Balaban J connectivity index is 2.46. The highest BCUT2D eigenvalue weighted by molar-refractivity contribution is 7.92. The molecule has 2 N–H and O–H groups in total. The van der Waals surface area contributed by atoms with E-state index in [2.05, 4.69) is 4.72 Å². The lowest BCUT2D eigenvalue weighted by Crippen LogP contribution is -2.19. The summed E-state index contributed by atoms with van der Waals surface area (Å²) in [6.07, 6.45) is 0. The molecule has 2 rings (SSSR count). The topological polar surface area (TPSA) is 66.4 Å². The SMILES string of the molecule is CC(C)(C)c1ccccc1NS(=O)(=O)c1ccccc1O. The zero-order chi connectivity index (χ0) is 15.7. The van der Waals surface area contributed by atoms with Crippen LogP contribution < -0.4 is 4.72 Å². The molecule has 0 aromatic heterocycles. The number of nitrogens with one attached hydrogen (secondary N) is 1. The predicted octanol–water partition coefficient (Wildman–Crippen LogP) is 3.49. The summed E-state index contributed by atoms with van der Waals surface area (Å²) < 4.78 is 27.4. The maximum Gasteiger partial charge on any atom is 0.265 e. The number of para-hydroxylation sites is 2. The molecule has 0 saturated carbocycles. The van der Waals surface area contributed by atoms with Gasteiger partial charge >= 0.3 is 0 Å². The van der Waals surface area contributed by atoms with Crippen molar-refractivity contribution in [2.24, 2.45) is 0 Å². The third-order valence-corrected chi connectivity index (χ3v) is 4.55. The summed E-state index contributed by atoms with van der Waals surface area (Å²) in [5.41, 5.74) is 1.22. The van der Waals surface area contributed by atoms with Crippen LogP contribution in [-0.4, -0.2) is 13.5 Å². The van der Waals surface area contributed by atoms with Crippen LogP contribution in [0, 0.1) is 0 Å². The van der Waals surface area contributed by atoms with Crippen molar-refractivity contribution in [2.45, 2.75) is 31.1 Å². The van der Waals surface area contributed by atoms with Gasteiger partial charge in [0.25, 0.3) is 10.0 Å². The second-order valence-corrected chi connectivity index (χ2v) is 7.52. The lowest BCUT2D eigenvalue weighted by molar-refractivity contribution is 0.459. The first-order valence-corrected chi connectivity index (χ1v) is 8.10. The molecule has 0 atom stereocenters. The smallest absolute Gasteiger partial charge is 0.265 e. The van der Waals surface area contributed by atoms with Gasteiger partial charge in [-0.25, -0.2) is 8.42 Å². The van der Waals surface area contributed by atoms with E-state index < -0.39 is 10.0 Å². The lowest BCUT2D eigenvalue weighted by atomic mass is 9.86. The highest BCUT2D eigenvalue weighted by atomic mass is 32.2. The van der Waals surface area contributed by atoms with Crippen molar-refractivity contribution in [1.29, 1.82) is 0 Å². The molecule has 5 heteroatoms. The zero-order valence-electron chi connectivity index (χ0n) is 12.3. The van der Waals surface area contributed by atoms with Crippen molar-refractivity contribution >= 4 is 15.7 Å². The maximum absolute atomic E-state index is 12.4. The van der Waals surface area contributed by atoms with Crippen LogP contribution in [0.2, 0.25) is 0 Å². The van der Waals surface area contributed by atoms with E-state index in [1.165, 1.54) is 12.1 Å². The fourth-order valence-electron chi connectivity index (χ4n) is 2.11. The molecule has 21 heavy (non-hydrogen) atoms. The zero-order valence-corrected chi connectivity index (χ0v) is 13.1. The molecular weight excluding hydrogens is 286 g/mol. The number of hydrogen-bond acceptors (Lipinski definition) is 3. The van der Waals surface area contributed by atoms with Crippen LogP contribution in [0.3, 0.4) is 0 Å². The van der Waals surface area contributed by atoms with Crippen LogP contribution in [0.25, 0.3) is 0 Å². The van der Waals surface area contributed by atoms with Crippen LogP contribution in [0.15, 0.2) is 53.4 Å². The third-order valence-electron chi connectivity index (χ3n) is 3.13. The van der Waals surface area contributed by atoms with E-state index in [-0.39, 0.29) is 16.1 Å². The molecule has 112 valence electrons. The Labute approximate surface area is 125 Å². The summed E-state index contributed by atoms with van der Waals surface area (Å²) >= 11 is 0. The van der Waals surface area contributed by atoms with E-state index in [1.807, 2.05) is 32.9 Å². The van der Waals surface area contributed by atoms with Gasteiger partial charge in [0.15, 0.2) is 0 Å². The van der Waals surface area contributed by atoms with Crippen LogP contribution in [0.1, 0.15) is 26.3 Å². The van der Waals surface area contributed by atoms with E-state index in [0.717, 1.165) is 5.56 Å². The summed E-state index contributed by atoms with van der Waals surface area (Å²) in [5.74, 6) is -0.266. The van der Waals surface area contributed by atoms with Gasteiger partial charge in [-0.2, -0.15) is 0 Å². The second kappa shape index (κ2) is 5.41. The molecule has 0 radical (unpaired) electrons. The molecule has 0 bridgehead atoms. The lowest BCUT2D eigenvalue weighted by Gasteiger charge is -2.23. The minimum absolute atomic E-state index is 0.131. The molecule has 0 amide bonds. The summed E-state index contributed by atoms with van der Waals surface area (Å²) in [6.45, 7) is 6.04. The molecule has 0 unspecified atom stereocenters. The number of benzene rings is 2. The summed E-state index contributed by atoms with van der Waals surface area (Å²) in [4.78, 5) is -0.131. The largest absolute Gasteiger partial charge is 0.507 e. The van der Waals surface area contributed by atoms with Crippen molar-refractivity contribution in [3.8, 4) is 5.75 Å². The Morgan fingerprint density at radius 3 is 2.14 bits per heavy atom. The van der Waals surface area contributed by atoms with Crippen molar-refractivity contribution in [2.75, 3.05) is 4.72 Å². The van der Waals surface area contributed by atoms with Crippen molar-refractivity contribution in [1.82, 2.24) is 0 Å². The average molecular weight is 305 g/mol. The van der Waals surface area contributed by atoms with Gasteiger partial charge in [-0.05, 0) is 29.2 Å². The maximum atomic E-state index is 12.4. The van der Waals surface area contributed by atoms with Gasteiger partial charge in [0.1, 0.15) is 10.6 Å². The van der Waals surface area contributed by atoms with E-state index >= 15 is 0 Å². The number of phenolic OH excluding ortho intramolecular Hbond substituents is 1. The van der Waals surface area contributed by atoms with Crippen molar-refractivity contribution < 1.29 is 13.5 Å². The van der Waals surface area contributed by atoms with Gasteiger partial charge in [0, 0.05) is 0 Å². The molecule has 2 aromatic carbocycles. The molecule has 0 aliphatic heterocycles. The fraction of sp³-hybridized carbons (Fsp3) is 0.250. The first-order chi connectivity index (χ1) is 9.72. The Bertz CT molecular complexity index is 746. The Kier molecular flexibility index (Phi) is 3.96. The van der Waals surface area contributed by atoms with Crippen LogP contribution in [0.4, 0.5) is 5.69 Å². The number of hydrogen-bond donors (Lipinski definition) is 2. The molecule has 0 spiro atoms. The Morgan fingerprint density at radius 1 is 0.952 bits per heavy atom. The van der Waals surface area contributed by atoms with Crippen LogP contribution in [0.5, 0.6) is 5.75 Å². The first kappa shape index (κ1) is 15.4. The monoisotopic (exact) mass is 305 g/mol. The van der Waals surface area contributed by atoms with E-state index in [4.69, 9.17) is 0 Å². The second-order valence-electron chi connectivity index (χ2n) is 5.87. The number of sulfonamides is 1. The van der Waals surface area contributed by atoms with E-state index in [1.54, 1.807) is 24.3 Å². The van der Waals surface area contributed by atoms with Crippen molar-refractivity contribution in [3.05, 3.63) is 54.1 Å². The normalized spacial score (nSPS) is 12.1. The molecule has 0 aliphatic rings. The van der Waals surface area contributed by atoms with Gasteiger partial charge in [-0.3, -0.25) is 4.72 Å². The highest BCUT2D eigenvalue weighted by Gasteiger charge is 2.23. The van der Waals surface area contributed by atoms with Gasteiger partial charge in [0.05, 0.1) is 5.69 Å². The molecule has 0 aliphatic carbocycles. The summed E-state index contributed by atoms with van der Waals surface area (Å²) in [5, 5.41) is 9.73. The highest BCUT2D eigenvalue weighted by Crippen LogP contribution is 2.31. The van der Waals surface area contributed by atoms with Crippen molar-refractivity contribution in [3.63, 3.8) is 0 Å². The third kappa shape index (κ3) is 3.36. The van der Waals surface area contributed by atoms with Crippen LogP contribution >= 0.6 is 0 Å². The average Bonchev–Trinajstić information content (AvgIpc) is 2.38. The molecular formula is C16H19NO3S. The Hall–Kier alpha value is -2.01. The Morgan fingerprint density at radius 2 is 1.52 bits per heavy atom. The number of anilines is 1. The summed E-state index contributed by atoms with van der Waals surface area (Å²) in [6, 6.07) is 13.1. The fourth-order valence-corrected chi connectivity index (χ4v) is 3.29. The minimum atomic E-state index is -3.83. The molecule has 0 fully saturated rings. The number of rotatable bonds is 3. The van der Waals surface area contributed by atoms with Gasteiger partial charge in [-0.15, -0.1) is 0 Å².